The van der Waals surface area contributed by atoms with Crippen molar-refractivity contribution in [1.82, 2.24) is 0 Å². The normalized spacial score (nSPS) is 20.8. The van der Waals surface area contributed by atoms with E-state index in [1.807, 2.05) is 0 Å². The third-order valence-electron chi connectivity index (χ3n) is 5.92. The van der Waals surface area contributed by atoms with Crippen LogP contribution in [0, 0.1) is 12.7 Å². The molecule has 32 heavy (non-hydrogen) atoms. The molecular weight excluding hydrogens is 417 g/mol. The van der Waals surface area contributed by atoms with E-state index in [4.69, 9.17) is 4.74 Å². The van der Waals surface area contributed by atoms with Crippen molar-refractivity contribution in [3.05, 3.63) is 69.9 Å². The summed E-state index contributed by atoms with van der Waals surface area (Å²) in [6.45, 7) is 5.63. The topological polar surface area (TPSA) is 113 Å². The Labute approximate surface area is 182 Å². The Morgan fingerprint density at radius 2 is 1.84 bits per heavy atom. The molecule has 1 heterocycles. The van der Waals surface area contributed by atoms with Crippen molar-refractivity contribution in [2.75, 3.05) is 5.32 Å². The minimum atomic E-state index is -1.60. The number of ether oxygens (including phenoxy) is 1. The van der Waals surface area contributed by atoms with Gasteiger partial charge in [-0.2, -0.15) is 0 Å². The number of aromatic hydroxyl groups is 2. The second kappa shape index (κ2) is 7.05. The molecule has 0 bridgehead atoms. The Morgan fingerprint density at radius 3 is 2.47 bits per heavy atom. The van der Waals surface area contributed by atoms with Gasteiger partial charge in [0.25, 0.3) is 0 Å². The molecule has 1 aliphatic carbocycles. The van der Waals surface area contributed by atoms with Crippen LogP contribution < -0.4 is 10.1 Å². The predicted molar refractivity (Wildman–Crippen MR) is 113 cm³/mol. The number of fused-ring (bicyclic) bond motifs is 3. The number of hydrogen-bond acceptors (Lipinski definition) is 7. The number of ketones is 3. The van der Waals surface area contributed by atoms with Crippen LogP contribution in [-0.2, 0) is 15.0 Å². The van der Waals surface area contributed by atoms with Crippen molar-refractivity contribution >= 4 is 23.0 Å². The molecule has 0 saturated heterocycles. The second-order valence-corrected chi connectivity index (χ2v) is 8.02. The minimum absolute atomic E-state index is 0.0119. The molecule has 0 radical (unpaired) electrons. The van der Waals surface area contributed by atoms with Crippen LogP contribution in [0.15, 0.2) is 47.4 Å². The van der Waals surface area contributed by atoms with Crippen LogP contribution in [-0.4, -0.2) is 27.6 Å². The fourth-order valence-corrected chi connectivity index (χ4v) is 4.21. The lowest BCUT2D eigenvalue weighted by atomic mass is 9.70. The number of halogens is 1. The number of anilines is 1. The summed E-state index contributed by atoms with van der Waals surface area (Å²) >= 11 is 0. The Kier molecular flexibility index (Phi) is 4.69. The lowest BCUT2D eigenvalue weighted by molar-refractivity contribution is -0.123. The van der Waals surface area contributed by atoms with Gasteiger partial charge in [0.1, 0.15) is 39.8 Å². The van der Waals surface area contributed by atoms with Gasteiger partial charge in [0, 0.05) is 23.0 Å². The van der Waals surface area contributed by atoms with Crippen LogP contribution in [0.2, 0.25) is 0 Å². The maximum atomic E-state index is 13.7. The first kappa shape index (κ1) is 21.3. The van der Waals surface area contributed by atoms with Crippen molar-refractivity contribution in [3.63, 3.8) is 0 Å². The highest BCUT2D eigenvalue weighted by Crippen LogP contribution is 2.57. The summed E-state index contributed by atoms with van der Waals surface area (Å²) in [4.78, 5) is 38.7. The van der Waals surface area contributed by atoms with E-state index in [2.05, 4.69) is 5.32 Å². The van der Waals surface area contributed by atoms with Crippen molar-refractivity contribution in [1.29, 1.82) is 0 Å². The molecule has 1 unspecified atom stereocenters. The molecule has 0 aromatic heterocycles. The van der Waals surface area contributed by atoms with Crippen LogP contribution in [0.3, 0.4) is 0 Å². The van der Waals surface area contributed by atoms with E-state index < -0.39 is 40.1 Å². The maximum absolute atomic E-state index is 13.7. The Morgan fingerprint density at radius 1 is 1.16 bits per heavy atom. The summed E-state index contributed by atoms with van der Waals surface area (Å²) in [5.74, 6) is -3.35. The number of Topliss-reactive ketones (excluding diaryl/α,β-unsaturated/α-hetero) is 2. The summed E-state index contributed by atoms with van der Waals surface area (Å²) in [5, 5.41) is 24.1. The predicted octanol–water partition coefficient (Wildman–Crippen LogP) is 3.82. The maximum Gasteiger partial charge on any atom is 0.194 e. The lowest BCUT2D eigenvalue weighted by Gasteiger charge is -2.29. The zero-order valence-corrected chi connectivity index (χ0v) is 17.8. The number of phenolic OH excluding ortho intramolecular Hbond substituents is 2. The molecule has 0 amide bonds. The number of benzene rings is 2. The quantitative estimate of drug-likeness (QED) is 0.380. The van der Waals surface area contributed by atoms with Crippen molar-refractivity contribution in [2.45, 2.75) is 33.1 Å². The molecule has 7 nitrogen and oxygen atoms in total. The van der Waals surface area contributed by atoms with Crippen LogP contribution >= 0.6 is 0 Å². The number of allylic oxidation sites excluding steroid dienone is 4. The van der Waals surface area contributed by atoms with Gasteiger partial charge < -0.3 is 20.3 Å². The van der Waals surface area contributed by atoms with Gasteiger partial charge in [0.05, 0.1) is 11.1 Å². The van der Waals surface area contributed by atoms with Crippen molar-refractivity contribution < 1.29 is 33.7 Å². The second-order valence-electron chi connectivity index (χ2n) is 8.02. The molecule has 2 aromatic carbocycles. The number of nitrogens with one attached hydrogen (secondary N) is 1. The summed E-state index contributed by atoms with van der Waals surface area (Å²) in [5.41, 5.74) is -1.39. The van der Waals surface area contributed by atoms with Gasteiger partial charge in [-0.25, -0.2) is 4.39 Å². The van der Waals surface area contributed by atoms with E-state index in [1.165, 1.54) is 45.9 Å². The van der Waals surface area contributed by atoms with E-state index in [-0.39, 0.29) is 39.5 Å². The van der Waals surface area contributed by atoms with E-state index in [1.54, 1.807) is 6.07 Å². The first-order valence-electron chi connectivity index (χ1n) is 9.81. The Bertz CT molecular complexity index is 1310. The Balaban J connectivity index is 1.92. The summed E-state index contributed by atoms with van der Waals surface area (Å²) < 4.78 is 19.3. The van der Waals surface area contributed by atoms with Crippen LogP contribution in [0.1, 0.15) is 42.3 Å². The molecule has 1 aliphatic heterocycles. The van der Waals surface area contributed by atoms with Crippen molar-refractivity contribution in [2.24, 2.45) is 0 Å². The fourth-order valence-electron chi connectivity index (χ4n) is 4.21. The highest BCUT2D eigenvalue weighted by molar-refractivity contribution is 6.31. The monoisotopic (exact) mass is 437 g/mol. The number of carbonyl (C=O) groups is 3. The van der Waals surface area contributed by atoms with Gasteiger partial charge in [-0.15, -0.1) is 0 Å². The van der Waals surface area contributed by atoms with Gasteiger partial charge >= 0.3 is 0 Å². The van der Waals surface area contributed by atoms with Gasteiger partial charge in [0.15, 0.2) is 17.3 Å². The van der Waals surface area contributed by atoms with Gasteiger partial charge in [-0.05, 0) is 45.9 Å². The number of rotatable bonds is 3. The molecule has 164 valence electrons. The highest BCUT2D eigenvalue weighted by atomic mass is 19.1. The summed E-state index contributed by atoms with van der Waals surface area (Å²) in [6.07, 6.45) is 1.13. The van der Waals surface area contributed by atoms with Crippen molar-refractivity contribution in [3.8, 4) is 17.2 Å². The molecule has 0 fully saturated rings. The molecule has 0 saturated carbocycles. The summed E-state index contributed by atoms with van der Waals surface area (Å²) in [6, 6.07) is 5.55. The van der Waals surface area contributed by atoms with Gasteiger partial charge in [-0.3, -0.25) is 14.4 Å². The SMILES string of the molecule is CC(=O)c1c(O)c(C)c(O)c2c1OC1=CC(=O)/C(=C(/C)Nc3cccc(F)c3)C(=O)C12C. The molecule has 2 aromatic rings. The minimum Gasteiger partial charge on any atom is -0.507 e. The third kappa shape index (κ3) is 2.83. The molecule has 0 spiro atoms. The highest BCUT2D eigenvalue weighted by Gasteiger charge is 2.56. The van der Waals surface area contributed by atoms with E-state index in [0.717, 1.165) is 6.08 Å². The van der Waals surface area contributed by atoms with Crippen LogP contribution in [0.4, 0.5) is 10.1 Å². The fraction of sp³-hybridized carbons (Fsp3) is 0.208. The first-order chi connectivity index (χ1) is 15.0. The molecule has 3 N–H and O–H groups in total. The molecule has 1 atom stereocenters. The van der Waals surface area contributed by atoms with E-state index in [0.29, 0.717) is 5.69 Å². The zero-order chi connectivity index (χ0) is 23.5. The molecule has 4 rings (SSSR count). The van der Waals surface area contributed by atoms with Gasteiger partial charge in [0.2, 0.25) is 0 Å². The lowest BCUT2D eigenvalue weighted by Crippen LogP contribution is -2.40. The molecular formula is C24H20FNO6. The average molecular weight is 437 g/mol. The van der Waals surface area contributed by atoms with Gasteiger partial charge in [-0.1, -0.05) is 6.07 Å². The largest absolute Gasteiger partial charge is 0.507 e. The smallest absolute Gasteiger partial charge is 0.194 e. The van der Waals surface area contributed by atoms with E-state index >= 15 is 0 Å². The number of carbonyl (C=O) groups excluding carboxylic acids is 3. The number of hydrogen-bond donors (Lipinski definition) is 3. The van der Waals surface area contributed by atoms with Crippen LogP contribution in [0.25, 0.3) is 0 Å². The van der Waals surface area contributed by atoms with Crippen LogP contribution in [0.5, 0.6) is 17.2 Å². The molecule has 8 heteroatoms. The summed E-state index contributed by atoms with van der Waals surface area (Å²) in [7, 11) is 0. The third-order valence-corrected chi connectivity index (χ3v) is 5.92. The average Bonchev–Trinajstić information content (AvgIpc) is 2.99. The Hall–Kier alpha value is -3.94. The zero-order valence-electron chi connectivity index (χ0n) is 17.8. The first-order valence-corrected chi connectivity index (χ1v) is 9.81. The molecule has 2 aliphatic rings. The standard InChI is InChI=1S/C24H20FNO6/c1-10-20(29)18(12(3)27)22-19(21(10)30)24(4)16(32-22)9-15(28)17(23(24)31)11(2)26-14-7-5-6-13(25)8-14/h5-9,26,29-30H,1-4H3/b17-11+. The van der Waals surface area contributed by atoms with E-state index in [9.17, 15) is 29.0 Å². The number of phenols is 2.